The second-order valence-corrected chi connectivity index (χ2v) is 4.76. The van der Waals surface area contributed by atoms with E-state index in [1.165, 1.54) is 11.1 Å². The van der Waals surface area contributed by atoms with E-state index in [9.17, 15) is 14.0 Å². The predicted octanol–water partition coefficient (Wildman–Crippen LogP) is 0.133. The minimum absolute atomic E-state index is 0.0887. The van der Waals surface area contributed by atoms with Gasteiger partial charge < -0.3 is 15.7 Å². The summed E-state index contributed by atoms with van der Waals surface area (Å²) in [7, 11) is 0. The van der Waals surface area contributed by atoms with Gasteiger partial charge in [0.1, 0.15) is 11.9 Å². The molecule has 20 heavy (non-hydrogen) atoms. The maximum absolute atomic E-state index is 13.8. The molecule has 1 fully saturated rings. The Morgan fingerprint density at radius 2 is 2.25 bits per heavy atom. The molecule has 2 unspecified atom stereocenters. The maximum atomic E-state index is 13.8. The van der Waals surface area contributed by atoms with Crippen LogP contribution >= 0.6 is 0 Å². The number of amides is 1. The second kappa shape index (κ2) is 5.40. The summed E-state index contributed by atoms with van der Waals surface area (Å²) in [6.45, 7) is 1.86. The molecule has 2 atom stereocenters. The number of anilines is 1. The highest BCUT2D eigenvalue weighted by atomic mass is 19.1. The van der Waals surface area contributed by atoms with Crippen LogP contribution in [0.2, 0.25) is 0 Å². The van der Waals surface area contributed by atoms with Gasteiger partial charge in [-0.1, -0.05) is 0 Å². The van der Waals surface area contributed by atoms with Crippen molar-refractivity contribution in [2.24, 2.45) is 11.7 Å². The summed E-state index contributed by atoms with van der Waals surface area (Å²) < 4.78 is 13.8. The zero-order valence-corrected chi connectivity index (χ0v) is 10.9. The fraction of sp³-hybridized carbons (Fsp3) is 0.500. The Labute approximate surface area is 114 Å². The zero-order chi connectivity index (χ0) is 14.9. The van der Waals surface area contributed by atoms with E-state index in [4.69, 9.17) is 10.8 Å². The summed E-state index contributed by atoms with van der Waals surface area (Å²) in [4.78, 5) is 31.7. The molecule has 0 aromatic carbocycles. The lowest BCUT2D eigenvalue weighted by molar-refractivity contribution is -0.144. The number of aliphatic carboxylic acids is 1. The van der Waals surface area contributed by atoms with Crippen molar-refractivity contribution in [2.75, 3.05) is 18.0 Å². The third-order valence-corrected chi connectivity index (χ3v) is 3.33. The molecule has 1 aromatic rings. The number of alkyl halides is 1. The Balaban J connectivity index is 2.20. The summed E-state index contributed by atoms with van der Waals surface area (Å²) in [5.41, 5.74) is 5.83. The highest BCUT2D eigenvalue weighted by molar-refractivity contribution is 5.92. The summed E-state index contributed by atoms with van der Waals surface area (Å²) in [5, 5.41) is 8.87. The van der Waals surface area contributed by atoms with Gasteiger partial charge in [0, 0.05) is 12.7 Å². The first-order valence-corrected chi connectivity index (χ1v) is 6.15. The van der Waals surface area contributed by atoms with Gasteiger partial charge in [-0.2, -0.15) is 0 Å². The number of piperidine rings is 1. The molecule has 1 aliphatic heterocycles. The number of carbonyl (C=O) groups is 2. The zero-order valence-electron chi connectivity index (χ0n) is 10.9. The normalized spacial score (nSPS) is 22.6. The molecule has 1 amide bonds. The molecular formula is C12H15FN4O3. The molecule has 0 aliphatic carbocycles. The number of halogens is 1. The average molecular weight is 282 g/mol. The Bertz CT molecular complexity index is 552. The standard InChI is InChI=1S/C12H15FN4O3/c1-6-4-15-12(16-9(6)10(14)18)17-3-2-7(11(19)20)8(13)5-17/h4,7-8H,2-3,5H2,1H3,(H2,14,18)(H,19,20). The van der Waals surface area contributed by atoms with Crippen LogP contribution in [0.25, 0.3) is 0 Å². The Morgan fingerprint density at radius 1 is 1.55 bits per heavy atom. The van der Waals surface area contributed by atoms with Gasteiger partial charge in [0.2, 0.25) is 5.95 Å². The number of hydrogen-bond acceptors (Lipinski definition) is 5. The molecule has 0 radical (unpaired) electrons. The van der Waals surface area contributed by atoms with Gasteiger partial charge in [0.05, 0.1) is 12.5 Å². The SMILES string of the molecule is Cc1cnc(N2CCC(C(=O)O)C(F)C2)nc1C(N)=O. The number of hydrogen-bond donors (Lipinski definition) is 2. The Hall–Kier alpha value is -2.25. The van der Waals surface area contributed by atoms with Crippen molar-refractivity contribution in [2.45, 2.75) is 19.5 Å². The van der Waals surface area contributed by atoms with Gasteiger partial charge in [0.15, 0.2) is 0 Å². The summed E-state index contributed by atoms with van der Waals surface area (Å²) in [6.07, 6.45) is 0.113. The van der Waals surface area contributed by atoms with Gasteiger partial charge in [-0.05, 0) is 18.9 Å². The number of rotatable bonds is 3. The van der Waals surface area contributed by atoms with E-state index in [1.807, 2.05) is 0 Å². The van der Waals surface area contributed by atoms with E-state index in [-0.39, 0.29) is 24.6 Å². The molecule has 3 N–H and O–H groups in total. The van der Waals surface area contributed by atoms with Crippen LogP contribution in [0.5, 0.6) is 0 Å². The molecule has 7 nitrogen and oxygen atoms in total. The number of carbonyl (C=O) groups excluding carboxylic acids is 1. The summed E-state index contributed by atoms with van der Waals surface area (Å²) in [5.74, 6) is -2.63. The van der Waals surface area contributed by atoms with Gasteiger partial charge in [-0.3, -0.25) is 9.59 Å². The fourth-order valence-electron chi connectivity index (χ4n) is 2.20. The van der Waals surface area contributed by atoms with E-state index in [2.05, 4.69) is 9.97 Å². The number of nitrogens with two attached hydrogens (primary N) is 1. The fourth-order valence-corrected chi connectivity index (χ4v) is 2.20. The van der Waals surface area contributed by atoms with Crippen LogP contribution in [0, 0.1) is 12.8 Å². The van der Waals surface area contributed by atoms with Crippen LogP contribution in [0.4, 0.5) is 10.3 Å². The van der Waals surface area contributed by atoms with Crippen LogP contribution < -0.4 is 10.6 Å². The Morgan fingerprint density at radius 3 is 2.80 bits per heavy atom. The molecule has 0 bridgehead atoms. The third-order valence-electron chi connectivity index (χ3n) is 3.33. The molecule has 8 heteroatoms. The number of carboxylic acids is 1. The highest BCUT2D eigenvalue weighted by Crippen LogP contribution is 2.24. The monoisotopic (exact) mass is 282 g/mol. The average Bonchev–Trinajstić information content (AvgIpc) is 2.38. The molecule has 1 aromatic heterocycles. The Kier molecular flexibility index (Phi) is 3.82. The number of carboxylic acid groups (broad SMARTS) is 1. The lowest BCUT2D eigenvalue weighted by Gasteiger charge is -2.32. The minimum atomic E-state index is -1.50. The van der Waals surface area contributed by atoms with Gasteiger partial charge in [0.25, 0.3) is 5.91 Å². The summed E-state index contributed by atoms with van der Waals surface area (Å²) in [6, 6.07) is 0. The van der Waals surface area contributed by atoms with Gasteiger partial charge in [-0.25, -0.2) is 14.4 Å². The molecule has 2 heterocycles. The number of nitrogens with zero attached hydrogens (tertiary/aromatic N) is 3. The van der Waals surface area contributed by atoms with Crippen molar-refractivity contribution in [1.82, 2.24) is 9.97 Å². The van der Waals surface area contributed by atoms with Crippen LogP contribution in [0.3, 0.4) is 0 Å². The van der Waals surface area contributed by atoms with E-state index in [0.29, 0.717) is 12.1 Å². The summed E-state index contributed by atoms with van der Waals surface area (Å²) >= 11 is 0. The van der Waals surface area contributed by atoms with Gasteiger partial charge in [-0.15, -0.1) is 0 Å². The third kappa shape index (κ3) is 2.68. The van der Waals surface area contributed by atoms with Crippen molar-refractivity contribution >= 4 is 17.8 Å². The topological polar surface area (TPSA) is 109 Å². The van der Waals surface area contributed by atoms with Crippen LogP contribution in [0.15, 0.2) is 6.20 Å². The first-order valence-electron chi connectivity index (χ1n) is 6.15. The lowest BCUT2D eigenvalue weighted by Crippen LogP contribution is -2.45. The second-order valence-electron chi connectivity index (χ2n) is 4.76. The minimum Gasteiger partial charge on any atom is -0.481 e. The number of primary amides is 1. The molecule has 0 saturated carbocycles. The molecule has 0 spiro atoms. The largest absolute Gasteiger partial charge is 0.481 e. The molecule has 2 rings (SSSR count). The predicted molar refractivity (Wildman–Crippen MR) is 68.1 cm³/mol. The van der Waals surface area contributed by atoms with Crippen molar-refractivity contribution in [3.05, 3.63) is 17.5 Å². The number of aromatic nitrogens is 2. The first kappa shape index (κ1) is 14.2. The van der Waals surface area contributed by atoms with Crippen molar-refractivity contribution in [3.8, 4) is 0 Å². The van der Waals surface area contributed by atoms with E-state index in [0.717, 1.165) is 0 Å². The van der Waals surface area contributed by atoms with Crippen LogP contribution in [-0.2, 0) is 4.79 Å². The van der Waals surface area contributed by atoms with Crippen molar-refractivity contribution in [1.29, 1.82) is 0 Å². The van der Waals surface area contributed by atoms with E-state index < -0.39 is 24.0 Å². The molecule has 1 aliphatic rings. The van der Waals surface area contributed by atoms with Gasteiger partial charge >= 0.3 is 5.97 Å². The van der Waals surface area contributed by atoms with E-state index in [1.54, 1.807) is 6.92 Å². The van der Waals surface area contributed by atoms with Crippen LogP contribution in [-0.4, -0.2) is 46.2 Å². The van der Waals surface area contributed by atoms with Crippen molar-refractivity contribution < 1.29 is 19.1 Å². The molecule has 108 valence electrons. The van der Waals surface area contributed by atoms with E-state index >= 15 is 0 Å². The lowest BCUT2D eigenvalue weighted by atomic mass is 9.95. The first-order chi connectivity index (χ1) is 9.40. The molecule has 1 saturated heterocycles. The quantitative estimate of drug-likeness (QED) is 0.815. The smallest absolute Gasteiger partial charge is 0.309 e. The highest BCUT2D eigenvalue weighted by Gasteiger charge is 2.35. The molecular weight excluding hydrogens is 267 g/mol. The maximum Gasteiger partial charge on any atom is 0.309 e. The number of aryl methyl sites for hydroxylation is 1. The van der Waals surface area contributed by atoms with Crippen LogP contribution in [0.1, 0.15) is 22.5 Å². The van der Waals surface area contributed by atoms with Crippen molar-refractivity contribution in [3.63, 3.8) is 0 Å².